The van der Waals surface area contributed by atoms with Crippen LogP contribution in [0, 0.1) is 0 Å². The Bertz CT molecular complexity index is 388. The maximum Gasteiger partial charge on any atom is 0.161 e. The van der Waals surface area contributed by atoms with Crippen molar-refractivity contribution in [3.63, 3.8) is 0 Å². The van der Waals surface area contributed by atoms with Crippen molar-refractivity contribution in [1.29, 1.82) is 0 Å². The Hall–Kier alpha value is -1.48. The molecule has 0 radical (unpaired) electrons. The van der Waals surface area contributed by atoms with Gasteiger partial charge in [0.15, 0.2) is 11.5 Å². The molecule has 1 aromatic rings. The van der Waals surface area contributed by atoms with Crippen LogP contribution in [-0.4, -0.2) is 26.8 Å². The van der Waals surface area contributed by atoms with E-state index in [0.29, 0.717) is 6.04 Å². The van der Waals surface area contributed by atoms with Gasteiger partial charge >= 0.3 is 0 Å². The van der Waals surface area contributed by atoms with Gasteiger partial charge in [-0.15, -0.1) is 0 Å². The van der Waals surface area contributed by atoms with E-state index in [1.54, 1.807) is 14.2 Å². The van der Waals surface area contributed by atoms with E-state index in [2.05, 4.69) is 31.3 Å². The molecule has 0 saturated carbocycles. The Morgan fingerprint density at radius 1 is 1.22 bits per heavy atom. The summed E-state index contributed by atoms with van der Waals surface area (Å²) in [6.07, 6.45) is 5.39. The van der Waals surface area contributed by atoms with Crippen molar-refractivity contribution in [1.82, 2.24) is 5.32 Å². The van der Waals surface area contributed by atoms with Crippen molar-refractivity contribution in [3.05, 3.63) is 29.8 Å². The van der Waals surface area contributed by atoms with Gasteiger partial charge in [-0.05, 0) is 37.6 Å². The Labute approximate surface area is 110 Å². The minimum absolute atomic E-state index is 0.373. The van der Waals surface area contributed by atoms with E-state index in [1.165, 1.54) is 0 Å². The highest BCUT2D eigenvalue weighted by Crippen LogP contribution is 2.27. The van der Waals surface area contributed by atoms with Crippen molar-refractivity contribution < 1.29 is 9.47 Å². The van der Waals surface area contributed by atoms with E-state index >= 15 is 0 Å². The number of ether oxygens (including phenoxy) is 2. The average Bonchev–Trinajstić information content (AvgIpc) is 2.42. The molecule has 1 N–H and O–H groups in total. The maximum atomic E-state index is 5.27. The monoisotopic (exact) mass is 249 g/mol. The topological polar surface area (TPSA) is 30.5 Å². The molecule has 1 rings (SSSR count). The second kappa shape index (κ2) is 7.77. The summed E-state index contributed by atoms with van der Waals surface area (Å²) >= 11 is 0. The molecule has 0 amide bonds. The van der Waals surface area contributed by atoms with Crippen LogP contribution in [-0.2, 0) is 0 Å². The van der Waals surface area contributed by atoms with Gasteiger partial charge in [0.2, 0.25) is 0 Å². The molecule has 1 unspecified atom stereocenters. The first-order valence-electron chi connectivity index (χ1n) is 6.34. The largest absolute Gasteiger partial charge is 0.493 e. The summed E-state index contributed by atoms with van der Waals surface area (Å²) in [7, 11) is 3.29. The van der Waals surface area contributed by atoms with Crippen LogP contribution in [0.4, 0.5) is 0 Å². The Morgan fingerprint density at radius 3 is 2.56 bits per heavy atom. The third-order valence-electron chi connectivity index (χ3n) is 2.70. The number of hydrogen-bond acceptors (Lipinski definition) is 3. The first-order chi connectivity index (χ1) is 8.71. The van der Waals surface area contributed by atoms with Crippen molar-refractivity contribution in [2.75, 3.05) is 20.8 Å². The molecular weight excluding hydrogens is 226 g/mol. The maximum absolute atomic E-state index is 5.27. The molecule has 0 aromatic heterocycles. The molecule has 18 heavy (non-hydrogen) atoms. The molecule has 100 valence electrons. The van der Waals surface area contributed by atoms with Crippen molar-refractivity contribution >= 4 is 6.08 Å². The summed E-state index contributed by atoms with van der Waals surface area (Å²) in [6, 6.07) is 6.28. The molecule has 1 aromatic carbocycles. The zero-order chi connectivity index (χ0) is 13.4. The van der Waals surface area contributed by atoms with Gasteiger partial charge in [-0.2, -0.15) is 0 Å². The van der Waals surface area contributed by atoms with Crippen molar-refractivity contribution in [2.45, 2.75) is 26.3 Å². The fraction of sp³-hybridized carbons (Fsp3) is 0.467. The molecule has 0 heterocycles. The van der Waals surface area contributed by atoms with Crippen LogP contribution < -0.4 is 14.8 Å². The first kappa shape index (κ1) is 14.6. The lowest BCUT2D eigenvalue weighted by Gasteiger charge is -2.09. The zero-order valence-electron chi connectivity index (χ0n) is 11.7. The van der Waals surface area contributed by atoms with Crippen LogP contribution in [0.2, 0.25) is 0 Å². The highest BCUT2D eigenvalue weighted by molar-refractivity contribution is 5.56. The molecule has 1 atom stereocenters. The van der Waals surface area contributed by atoms with Crippen LogP contribution in [0.25, 0.3) is 6.08 Å². The number of methoxy groups -OCH3 is 2. The molecule has 3 nitrogen and oxygen atoms in total. The minimum atomic E-state index is 0.373. The Kier molecular flexibility index (Phi) is 6.29. The lowest BCUT2D eigenvalue weighted by molar-refractivity contribution is 0.355. The summed E-state index contributed by atoms with van der Waals surface area (Å²) in [6.45, 7) is 5.35. The van der Waals surface area contributed by atoms with Crippen molar-refractivity contribution in [2.24, 2.45) is 0 Å². The van der Waals surface area contributed by atoms with Gasteiger partial charge in [-0.3, -0.25) is 0 Å². The van der Waals surface area contributed by atoms with E-state index in [0.717, 1.165) is 30.0 Å². The van der Waals surface area contributed by atoms with Crippen LogP contribution in [0.15, 0.2) is 24.3 Å². The Morgan fingerprint density at radius 2 is 1.94 bits per heavy atom. The van der Waals surface area contributed by atoms with Crippen LogP contribution in [0.5, 0.6) is 11.5 Å². The number of rotatable bonds is 7. The van der Waals surface area contributed by atoms with E-state index in [1.807, 2.05) is 18.2 Å². The van der Waals surface area contributed by atoms with Gasteiger partial charge in [-0.1, -0.05) is 25.1 Å². The zero-order valence-corrected chi connectivity index (χ0v) is 11.7. The second-order valence-corrected chi connectivity index (χ2v) is 4.22. The fourth-order valence-corrected chi connectivity index (χ4v) is 1.65. The number of benzene rings is 1. The summed E-state index contributed by atoms with van der Waals surface area (Å²) in [4.78, 5) is 0. The normalized spacial score (nSPS) is 12.7. The van der Waals surface area contributed by atoms with Gasteiger partial charge in [0.05, 0.1) is 14.2 Å². The highest BCUT2D eigenvalue weighted by Gasteiger charge is 2.02. The summed E-state index contributed by atoms with van der Waals surface area (Å²) < 4.78 is 10.5. The first-order valence-corrected chi connectivity index (χ1v) is 6.34. The molecule has 0 bridgehead atoms. The van der Waals surface area contributed by atoms with Gasteiger partial charge in [0.1, 0.15) is 0 Å². The fourth-order valence-electron chi connectivity index (χ4n) is 1.65. The second-order valence-electron chi connectivity index (χ2n) is 4.22. The third-order valence-corrected chi connectivity index (χ3v) is 2.70. The molecular formula is C15H23NO2. The number of hydrogen-bond donors (Lipinski definition) is 1. The third kappa shape index (κ3) is 4.41. The van der Waals surface area contributed by atoms with Gasteiger partial charge in [0, 0.05) is 6.04 Å². The van der Waals surface area contributed by atoms with E-state index in [4.69, 9.17) is 9.47 Å². The lowest BCUT2D eigenvalue weighted by atomic mass is 10.1. The quantitative estimate of drug-likeness (QED) is 0.805. The predicted octanol–water partition coefficient (Wildman–Crippen LogP) is 3.11. The smallest absolute Gasteiger partial charge is 0.161 e. The molecule has 0 saturated heterocycles. The lowest BCUT2D eigenvalue weighted by Crippen LogP contribution is -2.24. The standard InChI is InChI=1S/C15H23NO2/c1-5-10-16-12(2)6-7-13-8-9-14(17-3)15(11-13)18-4/h6-9,11-12,16H,5,10H2,1-4H3/b7-6+. The molecule has 0 aliphatic rings. The highest BCUT2D eigenvalue weighted by atomic mass is 16.5. The van der Waals surface area contributed by atoms with Crippen LogP contribution in [0.1, 0.15) is 25.8 Å². The molecule has 0 spiro atoms. The van der Waals surface area contributed by atoms with Crippen LogP contribution >= 0.6 is 0 Å². The summed E-state index contributed by atoms with van der Waals surface area (Å²) in [5.74, 6) is 1.51. The molecule has 0 aliphatic carbocycles. The van der Waals surface area contributed by atoms with Crippen molar-refractivity contribution in [3.8, 4) is 11.5 Å². The minimum Gasteiger partial charge on any atom is -0.493 e. The van der Waals surface area contributed by atoms with E-state index < -0.39 is 0 Å². The van der Waals surface area contributed by atoms with E-state index in [-0.39, 0.29) is 0 Å². The van der Waals surface area contributed by atoms with Gasteiger partial charge in [-0.25, -0.2) is 0 Å². The predicted molar refractivity (Wildman–Crippen MR) is 76.3 cm³/mol. The summed E-state index contributed by atoms with van der Waals surface area (Å²) in [5.41, 5.74) is 1.11. The molecule has 3 heteroatoms. The van der Waals surface area contributed by atoms with E-state index in [9.17, 15) is 0 Å². The summed E-state index contributed by atoms with van der Waals surface area (Å²) in [5, 5.41) is 3.41. The Balaban J connectivity index is 2.69. The SMILES string of the molecule is CCCNC(C)/C=C/c1ccc(OC)c(OC)c1. The molecule has 0 aliphatic heterocycles. The van der Waals surface area contributed by atoms with Gasteiger partial charge < -0.3 is 14.8 Å². The molecule has 0 fully saturated rings. The average molecular weight is 249 g/mol. The van der Waals surface area contributed by atoms with Gasteiger partial charge in [0.25, 0.3) is 0 Å². The van der Waals surface area contributed by atoms with Crippen LogP contribution in [0.3, 0.4) is 0 Å². The number of nitrogens with one attached hydrogen (secondary N) is 1.